The van der Waals surface area contributed by atoms with E-state index in [9.17, 15) is 9.59 Å². The molecule has 0 saturated carbocycles. The van der Waals surface area contributed by atoms with Crippen LogP contribution < -0.4 is 10.2 Å². The van der Waals surface area contributed by atoms with Crippen molar-refractivity contribution in [2.75, 3.05) is 11.4 Å². The molecule has 2 heterocycles. The van der Waals surface area contributed by atoms with Crippen LogP contribution in [-0.4, -0.2) is 33.1 Å². The fourth-order valence-corrected chi connectivity index (χ4v) is 3.45. The van der Waals surface area contributed by atoms with E-state index in [4.69, 9.17) is 0 Å². The molecule has 1 aliphatic rings. The summed E-state index contributed by atoms with van der Waals surface area (Å²) in [5, 5.41) is 7.06. The van der Waals surface area contributed by atoms with E-state index in [1.165, 1.54) is 6.33 Å². The Morgan fingerprint density at radius 2 is 1.83 bits per heavy atom. The molecule has 1 aliphatic heterocycles. The lowest BCUT2D eigenvalue weighted by Crippen LogP contribution is -2.32. The summed E-state index contributed by atoms with van der Waals surface area (Å²) in [6, 6.07) is 15.8. The molecule has 1 atom stereocenters. The number of carbonyl (C=O) groups is 2. The molecule has 0 radical (unpaired) electrons. The SMILES string of the molecule is Cc1ccc(N2CC(C(=O)NCc3ccc(Cn4cncn4)cc3)CC2=O)cc1. The number of nitrogens with zero attached hydrogens (tertiary/aromatic N) is 4. The lowest BCUT2D eigenvalue weighted by molar-refractivity contribution is -0.126. The Morgan fingerprint density at radius 1 is 1.10 bits per heavy atom. The predicted molar refractivity (Wildman–Crippen MR) is 109 cm³/mol. The molecule has 1 aromatic heterocycles. The van der Waals surface area contributed by atoms with Crippen molar-refractivity contribution in [3.63, 3.8) is 0 Å². The maximum absolute atomic E-state index is 12.6. The Bertz CT molecular complexity index is 981. The van der Waals surface area contributed by atoms with Gasteiger partial charge in [0.1, 0.15) is 12.7 Å². The zero-order chi connectivity index (χ0) is 20.2. The fraction of sp³-hybridized carbons (Fsp3) is 0.273. The van der Waals surface area contributed by atoms with Crippen LogP contribution in [0.3, 0.4) is 0 Å². The lowest BCUT2D eigenvalue weighted by atomic mass is 10.1. The Morgan fingerprint density at radius 3 is 2.52 bits per heavy atom. The molecule has 148 valence electrons. The minimum Gasteiger partial charge on any atom is -0.352 e. The number of carbonyl (C=O) groups excluding carboxylic acids is 2. The molecule has 7 nitrogen and oxygen atoms in total. The molecule has 1 unspecified atom stereocenters. The summed E-state index contributed by atoms with van der Waals surface area (Å²) in [6.07, 6.45) is 3.44. The number of hydrogen-bond acceptors (Lipinski definition) is 4. The van der Waals surface area contributed by atoms with Crippen molar-refractivity contribution < 1.29 is 9.59 Å². The van der Waals surface area contributed by atoms with Crippen molar-refractivity contribution >= 4 is 17.5 Å². The summed E-state index contributed by atoms with van der Waals surface area (Å²) >= 11 is 0. The van der Waals surface area contributed by atoms with Crippen molar-refractivity contribution in [2.45, 2.75) is 26.4 Å². The van der Waals surface area contributed by atoms with Gasteiger partial charge in [-0.2, -0.15) is 5.10 Å². The van der Waals surface area contributed by atoms with Crippen LogP contribution >= 0.6 is 0 Å². The Labute approximate surface area is 169 Å². The first kappa shape index (κ1) is 18.9. The number of anilines is 1. The summed E-state index contributed by atoms with van der Waals surface area (Å²) in [7, 11) is 0. The molecule has 1 N–H and O–H groups in total. The molecular weight excluding hydrogens is 366 g/mol. The van der Waals surface area contributed by atoms with Crippen LogP contribution in [0.1, 0.15) is 23.1 Å². The molecular formula is C22H23N5O2. The van der Waals surface area contributed by atoms with Gasteiger partial charge in [0.15, 0.2) is 0 Å². The summed E-state index contributed by atoms with van der Waals surface area (Å²) in [4.78, 5) is 30.5. The van der Waals surface area contributed by atoms with Crippen molar-refractivity contribution in [2.24, 2.45) is 5.92 Å². The van der Waals surface area contributed by atoms with Gasteiger partial charge in [0, 0.05) is 25.2 Å². The van der Waals surface area contributed by atoms with Gasteiger partial charge in [-0.15, -0.1) is 0 Å². The van der Waals surface area contributed by atoms with Crippen molar-refractivity contribution in [3.8, 4) is 0 Å². The maximum atomic E-state index is 12.6. The normalized spacial score (nSPS) is 16.2. The third-order valence-electron chi connectivity index (χ3n) is 5.14. The standard InChI is InChI=1S/C22H23N5O2/c1-16-2-8-20(9-3-16)27-13-19(10-21(27)28)22(29)24-11-17-4-6-18(7-5-17)12-26-15-23-14-25-26/h2-9,14-15,19H,10-13H2,1H3,(H,24,29). The second kappa shape index (κ2) is 8.26. The van der Waals surface area contributed by atoms with Gasteiger partial charge >= 0.3 is 0 Å². The van der Waals surface area contributed by atoms with Gasteiger partial charge in [0.05, 0.1) is 12.5 Å². The molecule has 2 amide bonds. The van der Waals surface area contributed by atoms with Gasteiger partial charge in [0.2, 0.25) is 11.8 Å². The molecule has 0 aliphatic carbocycles. The van der Waals surface area contributed by atoms with Crippen LogP contribution in [0.2, 0.25) is 0 Å². The van der Waals surface area contributed by atoms with Gasteiger partial charge < -0.3 is 10.2 Å². The molecule has 0 spiro atoms. The first-order chi connectivity index (χ1) is 14.1. The minimum absolute atomic E-state index is 0.00790. The highest BCUT2D eigenvalue weighted by Gasteiger charge is 2.34. The van der Waals surface area contributed by atoms with E-state index in [1.54, 1.807) is 15.9 Å². The quantitative estimate of drug-likeness (QED) is 0.702. The smallest absolute Gasteiger partial charge is 0.227 e. The number of amides is 2. The van der Waals surface area contributed by atoms with Crippen molar-refractivity contribution in [1.29, 1.82) is 0 Å². The predicted octanol–water partition coefficient (Wildman–Crippen LogP) is 2.30. The first-order valence-corrected chi connectivity index (χ1v) is 9.63. The van der Waals surface area contributed by atoms with Gasteiger partial charge in [0.25, 0.3) is 0 Å². The number of hydrogen-bond donors (Lipinski definition) is 1. The summed E-state index contributed by atoms with van der Waals surface area (Å²) in [6.45, 7) is 3.53. The second-order valence-electron chi connectivity index (χ2n) is 7.37. The minimum atomic E-state index is -0.324. The van der Waals surface area contributed by atoms with Gasteiger partial charge in [-0.25, -0.2) is 9.67 Å². The number of nitrogens with one attached hydrogen (secondary N) is 1. The maximum Gasteiger partial charge on any atom is 0.227 e. The first-order valence-electron chi connectivity index (χ1n) is 9.63. The monoisotopic (exact) mass is 389 g/mol. The number of aromatic nitrogens is 3. The van der Waals surface area contributed by atoms with Crippen LogP contribution in [0.5, 0.6) is 0 Å². The van der Waals surface area contributed by atoms with Crippen LogP contribution in [0.25, 0.3) is 0 Å². The highest BCUT2D eigenvalue weighted by atomic mass is 16.2. The molecule has 4 rings (SSSR count). The molecule has 7 heteroatoms. The fourth-order valence-electron chi connectivity index (χ4n) is 3.45. The van der Waals surface area contributed by atoms with E-state index in [-0.39, 0.29) is 24.2 Å². The third-order valence-corrected chi connectivity index (χ3v) is 5.14. The largest absolute Gasteiger partial charge is 0.352 e. The van der Waals surface area contributed by atoms with Crippen LogP contribution in [0.15, 0.2) is 61.2 Å². The summed E-state index contributed by atoms with van der Waals surface area (Å²) in [5.74, 6) is -0.415. The molecule has 1 saturated heterocycles. The Hall–Kier alpha value is -3.48. The zero-order valence-corrected chi connectivity index (χ0v) is 16.3. The summed E-state index contributed by atoms with van der Waals surface area (Å²) < 4.78 is 1.76. The van der Waals surface area contributed by atoms with Crippen molar-refractivity contribution in [1.82, 2.24) is 20.1 Å². The average molecular weight is 389 g/mol. The number of aryl methyl sites for hydroxylation is 1. The van der Waals surface area contributed by atoms with Crippen LogP contribution in [0, 0.1) is 12.8 Å². The van der Waals surface area contributed by atoms with Crippen LogP contribution in [0.4, 0.5) is 5.69 Å². The molecule has 1 fully saturated rings. The lowest BCUT2D eigenvalue weighted by Gasteiger charge is -2.17. The highest BCUT2D eigenvalue weighted by Crippen LogP contribution is 2.25. The number of benzene rings is 2. The van der Waals surface area contributed by atoms with E-state index >= 15 is 0 Å². The van der Waals surface area contributed by atoms with Gasteiger partial charge in [-0.1, -0.05) is 42.0 Å². The molecule has 0 bridgehead atoms. The zero-order valence-electron chi connectivity index (χ0n) is 16.3. The molecule has 2 aromatic carbocycles. The second-order valence-corrected chi connectivity index (χ2v) is 7.37. The topological polar surface area (TPSA) is 80.1 Å². The van der Waals surface area contributed by atoms with E-state index < -0.39 is 0 Å². The Kier molecular flexibility index (Phi) is 5.37. The van der Waals surface area contributed by atoms with E-state index in [1.807, 2.05) is 55.5 Å². The molecule has 3 aromatic rings. The highest BCUT2D eigenvalue weighted by molar-refractivity contribution is 6.00. The van der Waals surface area contributed by atoms with Gasteiger partial charge in [-0.05, 0) is 30.2 Å². The van der Waals surface area contributed by atoms with Gasteiger partial charge in [-0.3, -0.25) is 9.59 Å². The van der Waals surface area contributed by atoms with Crippen LogP contribution in [-0.2, 0) is 22.7 Å². The number of rotatable bonds is 6. The molecule has 29 heavy (non-hydrogen) atoms. The average Bonchev–Trinajstić information content (AvgIpc) is 3.37. The summed E-state index contributed by atoms with van der Waals surface area (Å²) in [5.41, 5.74) is 4.11. The van der Waals surface area contributed by atoms with E-state index in [0.717, 1.165) is 22.4 Å². The van der Waals surface area contributed by atoms with Crippen molar-refractivity contribution in [3.05, 3.63) is 77.9 Å². The van der Waals surface area contributed by atoms with E-state index in [2.05, 4.69) is 15.4 Å². The Balaban J connectivity index is 1.30. The third kappa shape index (κ3) is 4.51. The van der Waals surface area contributed by atoms with E-state index in [0.29, 0.717) is 19.6 Å².